The number of aliphatic hydroxyl groups is 2. The molecule has 5 nitrogen and oxygen atoms in total. The molecule has 0 saturated heterocycles. The summed E-state index contributed by atoms with van der Waals surface area (Å²) in [5.74, 6) is -0.848. The number of hydrogen-bond acceptors (Lipinski definition) is 4. The van der Waals surface area contributed by atoms with Crippen LogP contribution in [-0.4, -0.2) is 54.6 Å². The molecule has 0 saturated carbocycles. The van der Waals surface area contributed by atoms with Gasteiger partial charge in [-0.25, -0.2) is 0 Å². The molecule has 0 aliphatic rings. The van der Waals surface area contributed by atoms with E-state index in [2.05, 4.69) is 5.32 Å². The summed E-state index contributed by atoms with van der Waals surface area (Å²) in [6, 6.07) is -0.707. The van der Waals surface area contributed by atoms with E-state index in [1.54, 1.807) is 5.32 Å². The molecule has 15 heavy (non-hydrogen) atoms. The highest BCUT2D eigenvalue weighted by molar-refractivity contribution is 5.78. The maximum Gasteiger partial charge on any atom is 0.405 e. The van der Waals surface area contributed by atoms with Crippen LogP contribution in [0.5, 0.6) is 0 Å². The summed E-state index contributed by atoms with van der Waals surface area (Å²) >= 11 is 0. The van der Waals surface area contributed by atoms with Gasteiger partial charge in [-0.05, 0) is 0 Å². The second kappa shape index (κ2) is 6.59. The van der Waals surface area contributed by atoms with Crippen LogP contribution in [0.15, 0.2) is 0 Å². The summed E-state index contributed by atoms with van der Waals surface area (Å²) in [5, 5.41) is 21.1. The normalized spacial score (nSPS) is 11.9. The maximum absolute atomic E-state index is 11.6. The van der Waals surface area contributed by atoms with Gasteiger partial charge in [0, 0.05) is 0 Å². The highest BCUT2D eigenvalue weighted by Gasteiger charge is 2.27. The van der Waals surface area contributed by atoms with E-state index < -0.39 is 37.9 Å². The molecule has 0 spiro atoms. The van der Waals surface area contributed by atoms with Gasteiger partial charge in [-0.3, -0.25) is 4.79 Å². The minimum atomic E-state index is -4.44. The van der Waals surface area contributed by atoms with Crippen LogP contribution in [0.1, 0.15) is 0 Å². The summed E-state index contributed by atoms with van der Waals surface area (Å²) in [6.07, 6.45) is -4.44. The van der Waals surface area contributed by atoms with Gasteiger partial charge in [0.25, 0.3) is 0 Å². The molecular formula is C7H13F3N2O3. The van der Waals surface area contributed by atoms with Crippen molar-refractivity contribution < 1.29 is 28.2 Å². The number of aliphatic hydroxyl groups excluding tert-OH is 2. The smallest absolute Gasteiger partial charge is 0.395 e. The van der Waals surface area contributed by atoms with Crippen molar-refractivity contribution in [1.29, 1.82) is 0 Å². The fourth-order valence-corrected chi connectivity index (χ4v) is 0.685. The predicted molar refractivity (Wildman–Crippen MR) is 45.0 cm³/mol. The van der Waals surface area contributed by atoms with Gasteiger partial charge >= 0.3 is 6.18 Å². The molecule has 8 heteroatoms. The van der Waals surface area contributed by atoms with Gasteiger partial charge in [-0.2, -0.15) is 13.2 Å². The highest BCUT2D eigenvalue weighted by atomic mass is 19.4. The van der Waals surface area contributed by atoms with E-state index >= 15 is 0 Å². The zero-order valence-corrected chi connectivity index (χ0v) is 7.84. The first-order valence-electron chi connectivity index (χ1n) is 4.17. The van der Waals surface area contributed by atoms with E-state index in [0.717, 1.165) is 0 Å². The van der Waals surface area contributed by atoms with Crippen molar-refractivity contribution in [3.63, 3.8) is 0 Å². The van der Waals surface area contributed by atoms with Crippen molar-refractivity contribution in [2.24, 2.45) is 0 Å². The second-order valence-corrected chi connectivity index (χ2v) is 2.83. The van der Waals surface area contributed by atoms with Crippen LogP contribution in [0.2, 0.25) is 0 Å². The first kappa shape index (κ1) is 14.1. The fourth-order valence-electron chi connectivity index (χ4n) is 0.685. The van der Waals surface area contributed by atoms with Gasteiger partial charge in [0.15, 0.2) is 0 Å². The molecule has 0 atom stereocenters. The van der Waals surface area contributed by atoms with E-state index in [-0.39, 0.29) is 6.54 Å². The molecule has 0 fully saturated rings. The number of alkyl halides is 3. The summed E-state index contributed by atoms with van der Waals surface area (Å²) in [6.45, 7) is -2.58. The molecule has 90 valence electrons. The average Bonchev–Trinajstić information content (AvgIpc) is 2.15. The fraction of sp³-hybridized carbons (Fsp3) is 0.857. The zero-order valence-electron chi connectivity index (χ0n) is 7.84. The maximum atomic E-state index is 11.6. The lowest BCUT2D eigenvalue weighted by atomic mass is 10.3. The number of nitrogens with one attached hydrogen (secondary N) is 2. The van der Waals surface area contributed by atoms with Crippen molar-refractivity contribution in [1.82, 2.24) is 10.6 Å². The average molecular weight is 230 g/mol. The summed E-state index contributed by atoms with van der Waals surface area (Å²) in [5.41, 5.74) is 0. The molecule has 1 amide bonds. The minimum absolute atomic E-state index is 0.387. The number of carbonyl (C=O) groups excluding carboxylic acids is 1. The molecule has 0 aromatic heterocycles. The van der Waals surface area contributed by atoms with Crippen LogP contribution >= 0.6 is 0 Å². The van der Waals surface area contributed by atoms with Crippen molar-refractivity contribution in [2.45, 2.75) is 12.2 Å². The third-order valence-corrected chi connectivity index (χ3v) is 1.48. The van der Waals surface area contributed by atoms with Crippen LogP contribution < -0.4 is 10.6 Å². The van der Waals surface area contributed by atoms with Gasteiger partial charge in [0.1, 0.15) is 6.54 Å². The van der Waals surface area contributed by atoms with Crippen LogP contribution in [0.4, 0.5) is 13.2 Å². The van der Waals surface area contributed by atoms with Gasteiger partial charge in [-0.15, -0.1) is 0 Å². The lowest BCUT2D eigenvalue weighted by Gasteiger charge is -2.13. The minimum Gasteiger partial charge on any atom is -0.395 e. The van der Waals surface area contributed by atoms with E-state index in [4.69, 9.17) is 10.2 Å². The molecular weight excluding hydrogens is 217 g/mol. The molecule has 0 aromatic carbocycles. The van der Waals surface area contributed by atoms with E-state index in [1.807, 2.05) is 0 Å². The molecule has 0 rings (SSSR count). The molecule has 0 radical (unpaired) electrons. The summed E-state index contributed by atoms with van der Waals surface area (Å²) in [7, 11) is 0. The quantitative estimate of drug-likeness (QED) is 0.453. The first-order chi connectivity index (χ1) is 6.89. The molecule has 0 aliphatic carbocycles. The molecule has 0 aromatic rings. The van der Waals surface area contributed by atoms with E-state index in [9.17, 15) is 18.0 Å². The van der Waals surface area contributed by atoms with E-state index in [1.165, 1.54) is 0 Å². The van der Waals surface area contributed by atoms with Crippen molar-refractivity contribution in [3.8, 4) is 0 Å². The Kier molecular flexibility index (Phi) is 6.21. The van der Waals surface area contributed by atoms with Gasteiger partial charge in [0.05, 0.1) is 25.8 Å². The van der Waals surface area contributed by atoms with Gasteiger partial charge in [-0.1, -0.05) is 0 Å². The lowest BCUT2D eigenvalue weighted by Crippen LogP contribution is -2.44. The Balaban J connectivity index is 3.66. The molecule has 4 N–H and O–H groups in total. The molecule has 0 aliphatic heterocycles. The van der Waals surface area contributed by atoms with Gasteiger partial charge < -0.3 is 20.8 Å². The Morgan fingerprint density at radius 1 is 1.27 bits per heavy atom. The Morgan fingerprint density at radius 3 is 2.20 bits per heavy atom. The lowest BCUT2D eigenvalue weighted by molar-refractivity contribution is -0.138. The monoisotopic (exact) mass is 230 g/mol. The Labute approximate surface area is 84.3 Å². The molecule has 0 heterocycles. The van der Waals surface area contributed by atoms with Crippen LogP contribution in [0.3, 0.4) is 0 Å². The van der Waals surface area contributed by atoms with Crippen molar-refractivity contribution in [3.05, 3.63) is 0 Å². The SMILES string of the molecule is O=C(CNC(CO)CO)NCC(F)(F)F. The Morgan fingerprint density at radius 2 is 1.80 bits per heavy atom. The van der Waals surface area contributed by atoms with Crippen molar-refractivity contribution in [2.75, 3.05) is 26.3 Å². The summed E-state index contributed by atoms with van der Waals surface area (Å²) < 4.78 is 34.9. The van der Waals surface area contributed by atoms with E-state index in [0.29, 0.717) is 0 Å². The van der Waals surface area contributed by atoms with Gasteiger partial charge in [0.2, 0.25) is 5.91 Å². The third kappa shape index (κ3) is 8.16. The van der Waals surface area contributed by atoms with Crippen molar-refractivity contribution >= 4 is 5.91 Å². The third-order valence-electron chi connectivity index (χ3n) is 1.48. The van der Waals surface area contributed by atoms with Crippen LogP contribution in [0.25, 0.3) is 0 Å². The Hall–Kier alpha value is -0.860. The topological polar surface area (TPSA) is 81.6 Å². The number of amides is 1. The predicted octanol–water partition coefficient (Wildman–Crippen LogP) is -1.39. The number of halogens is 3. The van der Waals surface area contributed by atoms with Crippen LogP contribution in [0, 0.1) is 0 Å². The molecule has 0 unspecified atom stereocenters. The number of carbonyl (C=O) groups is 1. The highest BCUT2D eigenvalue weighted by Crippen LogP contribution is 2.11. The zero-order chi connectivity index (χ0) is 11.9. The second-order valence-electron chi connectivity index (χ2n) is 2.83. The number of rotatable bonds is 6. The Bertz CT molecular complexity index is 194. The standard InChI is InChI=1S/C7H13F3N2O3/c8-7(9,10)4-12-6(15)1-11-5(2-13)3-14/h5,11,13-14H,1-4H2,(H,12,15). The first-order valence-corrected chi connectivity index (χ1v) is 4.17. The van der Waals surface area contributed by atoms with Crippen LogP contribution in [-0.2, 0) is 4.79 Å². The molecule has 0 bridgehead atoms. The largest absolute Gasteiger partial charge is 0.405 e. The number of hydrogen-bond donors (Lipinski definition) is 4. The summed E-state index contributed by atoms with van der Waals surface area (Å²) in [4.78, 5) is 10.8.